The highest BCUT2D eigenvalue weighted by atomic mass is 32.2. The van der Waals surface area contributed by atoms with E-state index in [9.17, 15) is 13.5 Å². The van der Waals surface area contributed by atoms with Crippen molar-refractivity contribution in [2.24, 2.45) is 0 Å². The van der Waals surface area contributed by atoms with Crippen LogP contribution in [0.4, 0.5) is 0 Å². The van der Waals surface area contributed by atoms with Gasteiger partial charge in [0, 0.05) is 12.1 Å². The van der Waals surface area contributed by atoms with E-state index in [1.54, 1.807) is 6.07 Å². The summed E-state index contributed by atoms with van der Waals surface area (Å²) in [6, 6.07) is 12.2. The van der Waals surface area contributed by atoms with E-state index in [4.69, 9.17) is 4.74 Å². The summed E-state index contributed by atoms with van der Waals surface area (Å²) < 4.78 is 30.8. The molecule has 3 rings (SSSR count). The highest BCUT2D eigenvalue weighted by molar-refractivity contribution is 7.91. The number of nitrogens with one attached hydrogen (secondary N) is 1. The van der Waals surface area contributed by atoms with Gasteiger partial charge < -0.3 is 15.2 Å². The van der Waals surface area contributed by atoms with Crippen LogP contribution in [-0.4, -0.2) is 32.4 Å². The molecule has 0 bridgehead atoms. The van der Waals surface area contributed by atoms with Crippen LogP contribution in [0.25, 0.3) is 0 Å². The first-order chi connectivity index (χ1) is 11.5. The molecule has 0 aliphatic carbocycles. The lowest BCUT2D eigenvalue weighted by atomic mass is 9.97. The minimum atomic E-state index is -3.51. The number of rotatable bonds is 3. The van der Waals surface area contributed by atoms with Crippen LogP contribution >= 0.6 is 0 Å². The van der Waals surface area contributed by atoms with E-state index in [0.29, 0.717) is 12.0 Å². The number of benzene rings is 2. The van der Waals surface area contributed by atoms with E-state index in [0.717, 1.165) is 5.56 Å². The van der Waals surface area contributed by atoms with Crippen LogP contribution in [0.3, 0.4) is 0 Å². The Morgan fingerprint density at radius 3 is 2.58 bits per heavy atom. The lowest BCUT2D eigenvalue weighted by Crippen LogP contribution is -2.35. The predicted molar refractivity (Wildman–Crippen MR) is 92.2 cm³/mol. The van der Waals surface area contributed by atoms with Crippen LogP contribution in [0, 0.1) is 0 Å². The van der Waals surface area contributed by atoms with Crippen LogP contribution in [0.5, 0.6) is 11.5 Å². The molecule has 1 heterocycles. The van der Waals surface area contributed by atoms with Crippen LogP contribution in [-0.2, 0) is 9.84 Å². The molecule has 1 aliphatic heterocycles. The van der Waals surface area contributed by atoms with Crippen molar-refractivity contribution in [2.45, 2.75) is 30.3 Å². The molecule has 0 aromatic heterocycles. The lowest BCUT2D eigenvalue weighted by Gasteiger charge is -2.23. The first kappa shape index (κ1) is 16.8. The third-order valence-electron chi connectivity index (χ3n) is 4.41. The summed E-state index contributed by atoms with van der Waals surface area (Å²) in [5.74, 6) is 0.106. The molecule has 0 fully saturated rings. The fourth-order valence-electron chi connectivity index (χ4n) is 3.11. The van der Waals surface area contributed by atoms with Gasteiger partial charge in [0.15, 0.2) is 21.3 Å². The Kier molecular flexibility index (Phi) is 4.51. The predicted octanol–water partition coefficient (Wildman–Crippen LogP) is 2.65. The number of fused-ring (bicyclic) bond motifs is 1. The summed E-state index contributed by atoms with van der Waals surface area (Å²) in [5.41, 5.74) is 1.58. The first-order valence-corrected chi connectivity index (χ1v) is 9.56. The summed E-state index contributed by atoms with van der Waals surface area (Å²) in [5, 5.41) is 13.5. The number of hydrogen-bond donors (Lipinski definition) is 2. The summed E-state index contributed by atoms with van der Waals surface area (Å²) >= 11 is 0. The van der Waals surface area contributed by atoms with Gasteiger partial charge in [0.1, 0.15) is 0 Å². The van der Waals surface area contributed by atoms with Gasteiger partial charge in [0.05, 0.1) is 23.8 Å². The smallest absolute Gasteiger partial charge is 0.180 e. The van der Waals surface area contributed by atoms with Crippen molar-refractivity contribution in [2.75, 3.05) is 12.9 Å². The van der Waals surface area contributed by atoms with Gasteiger partial charge >= 0.3 is 0 Å². The second-order valence-corrected chi connectivity index (χ2v) is 7.96. The summed E-state index contributed by atoms with van der Waals surface area (Å²) in [6.07, 6.45) is 0.694. The fourth-order valence-corrected chi connectivity index (χ4v) is 4.98. The van der Waals surface area contributed by atoms with Gasteiger partial charge in [0.2, 0.25) is 0 Å². The van der Waals surface area contributed by atoms with Gasteiger partial charge in [-0.25, -0.2) is 8.42 Å². The second kappa shape index (κ2) is 6.45. The molecule has 6 heteroatoms. The van der Waals surface area contributed by atoms with Crippen molar-refractivity contribution in [1.29, 1.82) is 0 Å². The maximum atomic E-state index is 12.8. The summed E-state index contributed by atoms with van der Waals surface area (Å²) in [7, 11) is -2.06. The maximum Gasteiger partial charge on any atom is 0.180 e. The van der Waals surface area contributed by atoms with Crippen molar-refractivity contribution >= 4 is 9.84 Å². The monoisotopic (exact) mass is 347 g/mol. The Labute approximate surface area is 142 Å². The third kappa shape index (κ3) is 2.99. The average Bonchev–Trinajstić information content (AvgIpc) is 2.69. The number of hydrogen-bond acceptors (Lipinski definition) is 5. The minimum Gasteiger partial charge on any atom is -0.504 e. The van der Waals surface area contributed by atoms with E-state index < -0.39 is 9.84 Å². The molecule has 0 radical (unpaired) electrons. The zero-order chi connectivity index (χ0) is 17.3. The number of sulfone groups is 1. The minimum absolute atomic E-state index is 0.00556. The van der Waals surface area contributed by atoms with Gasteiger partial charge in [-0.05, 0) is 23.6 Å². The van der Waals surface area contributed by atoms with Crippen LogP contribution < -0.4 is 10.1 Å². The highest BCUT2D eigenvalue weighted by Crippen LogP contribution is 2.39. The van der Waals surface area contributed by atoms with Gasteiger partial charge in [-0.2, -0.15) is 0 Å². The Bertz CT molecular complexity index is 834. The van der Waals surface area contributed by atoms with E-state index in [1.807, 2.05) is 37.3 Å². The fraction of sp³-hybridized carbons (Fsp3) is 0.333. The van der Waals surface area contributed by atoms with Crippen LogP contribution in [0.1, 0.15) is 30.5 Å². The highest BCUT2D eigenvalue weighted by Gasteiger charge is 2.34. The molecule has 1 aliphatic rings. The van der Waals surface area contributed by atoms with Gasteiger partial charge in [-0.15, -0.1) is 0 Å². The van der Waals surface area contributed by atoms with Gasteiger partial charge in [-0.3, -0.25) is 0 Å². The molecule has 24 heavy (non-hydrogen) atoms. The zero-order valence-corrected chi connectivity index (χ0v) is 14.5. The van der Waals surface area contributed by atoms with Gasteiger partial charge in [-0.1, -0.05) is 37.3 Å². The molecular formula is C18H21NO4S. The van der Waals surface area contributed by atoms with Crippen molar-refractivity contribution in [3.05, 3.63) is 53.6 Å². The van der Waals surface area contributed by atoms with Crippen molar-refractivity contribution < 1.29 is 18.3 Å². The molecule has 0 saturated carbocycles. The quantitative estimate of drug-likeness (QED) is 0.893. The Hall–Kier alpha value is -2.05. The van der Waals surface area contributed by atoms with Crippen molar-refractivity contribution in [1.82, 2.24) is 5.32 Å². The number of phenols is 1. The molecule has 5 nitrogen and oxygen atoms in total. The van der Waals surface area contributed by atoms with E-state index in [2.05, 4.69) is 5.32 Å². The molecule has 0 unspecified atom stereocenters. The van der Waals surface area contributed by atoms with Crippen molar-refractivity contribution in [3.63, 3.8) is 0 Å². The summed E-state index contributed by atoms with van der Waals surface area (Å²) in [6.45, 7) is 1.96. The Morgan fingerprint density at radius 1 is 1.25 bits per heavy atom. The first-order valence-electron chi connectivity index (χ1n) is 7.91. The Morgan fingerprint density at radius 2 is 1.96 bits per heavy atom. The average molecular weight is 347 g/mol. The molecule has 128 valence electrons. The van der Waals surface area contributed by atoms with Gasteiger partial charge in [0.25, 0.3) is 0 Å². The molecular weight excluding hydrogens is 326 g/mol. The molecule has 0 amide bonds. The van der Waals surface area contributed by atoms with Crippen LogP contribution in [0.15, 0.2) is 47.4 Å². The molecule has 2 aromatic carbocycles. The van der Waals surface area contributed by atoms with Crippen molar-refractivity contribution in [3.8, 4) is 11.5 Å². The third-order valence-corrected chi connectivity index (χ3v) is 6.27. The van der Waals surface area contributed by atoms with Crippen LogP contribution in [0.2, 0.25) is 0 Å². The molecule has 2 N–H and O–H groups in total. The number of ether oxygens (including phenoxy) is 1. The van der Waals surface area contributed by atoms with E-state index in [1.165, 1.54) is 13.2 Å². The number of methoxy groups -OCH3 is 1. The summed E-state index contributed by atoms with van der Waals surface area (Å²) in [4.78, 5) is 0.165. The lowest BCUT2D eigenvalue weighted by molar-refractivity contribution is 0.371. The largest absolute Gasteiger partial charge is 0.504 e. The SMILES string of the molecule is CC[C@H]1CS(=O)(=O)c2cc(O)c(OC)cc2[C@@H](c2ccccc2)N1. The molecule has 0 spiro atoms. The Balaban J connectivity index is 2.26. The standard InChI is InChI=1S/C18H21NO4S/c1-3-13-11-24(21,22)17-10-15(20)16(23-2)9-14(17)18(19-13)12-7-5-4-6-8-12/h4-10,13,18-20H,3,11H2,1-2H3/t13-,18+/m0/s1. The number of aromatic hydroxyl groups is 1. The molecule has 2 aromatic rings. The zero-order valence-electron chi connectivity index (χ0n) is 13.7. The molecule has 0 saturated heterocycles. The second-order valence-electron chi connectivity index (χ2n) is 5.96. The topological polar surface area (TPSA) is 75.6 Å². The normalized spacial score (nSPS) is 22.4. The van der Waals surface area contributed by atoms with E-state index in [-0.39, 0.29) is 34.2 Å². The van der Waals surface area contributed by atoms with E-state index >= 15 is 0 Å². The maximum absolute atomic E-state index is 12.8. The number of phenolic OH excluding ortho intramolecular Hbond substituents is 1. The molecule has 2 atom stereocenters.